The number of nitrogens with one attached hydrogen (secondary N) is 4. The number of nitrogens with zero attached hydrogens (tertiary/aromatic N) is 6. The molecule has 2 aromatic heterocycles. The topological polar surface area (TPSA) is 239 Å². The molecule has 4 heterocycles. The zero-order valence-electron chi connectivity index (χ0n) is 44.6. The first-order chi connectivity index (χ1) is 36.9. The minimum Gasteiger partial charge on any atom is -0.495 e. The summed E-state index contributed by atoms with van der Waals surface area (Å²) in [5.41, 5.74) is 6.55. The van der Waals surface area contributed by atoms with E-state index in [4.69, 9.17) is 23.9 Å². The van der Waals surface area contributed by atoms with E-state index in [1.807, 2.05) is 93.6 Å². The average molecular weight is 1140 g/mol. The van der Waals surface area contributed by atoms with Gasteiger partial charge in [-0.2, -0.15) is 4.98 Å². The third kappa shape index (κ3) is 15.3. The van der Waals surface area contributed by atoms with E-state index < -0.39 is 35.6 Å². The van der Waals surface area contributed by atoms with Gasteiger partial charge in [-0.25, -0.2) is 9.97 Å². The van der Waals surface area contributed by atoms with Gasteiger partial charge in [0.15, 0.2) is 5.82 Å². The van der Waals surface area contributed by atoms with E-state index in [1.54, 1.807) is 47.7 Å². The van der Waals surface area contributed by atoms with Crippen molar-refractivity contribution in [2.75, 3.05) is 82.0 Å². The molecule has 0 aliphatic carbocycles. The summed E-state index contributed by atoms with van der Waals surface area (Å²) in [6.45, 7) is 11.8. The van der Waals surface area contributed by atoms with E-state index in [0.29, 0.717) is 47.4 Å². The number of aliphatic hydroxyl groups is 1. The number of aliphatic hydroxyl groups excluding tert-OH is 1. The normalized spacial score (nSPS) is 16.7. The fourth-order valence-corrected chi connectivity index (χ4v) is 10.1. The predicted octanol–water partition coefficient (Wildman–Crippen LogP) is 6.16. The average Bonchev–Trinajstić information content (AvgIpc) is 4.05. The van der Waals surface area contributed by atoms with Gasteiger partial charge >= 0.3 is 0 Å². The number of hydrogen-bond acceptors (Lipinski definition) is 16. The molecule has 0 unspecified atom stereocenters. The Bertz CT molecular complexity index is 2830. The van der Waals surface area contributed by atoms with E-state index in [1.165, 1.54) is 12.0 Å². The molecule has 2 aliphatic rings. The Kier molecular flexibility index (Phi) is 20.5. The third-order valence-corrected chi connectivity index (χ3v) is 14.7. The molecule has 0 spiro atoms. The number of ether oxygens (including phenoxy) is 4. The molecule has 0 saturated carbocycles. The van der Waals surface area contributed by atoms with Crippen molar-refractivity contribution in [1.82, 2.24) is 35.8 Å². The second-order valence-corrected chi connectivity index (χ2v) is 21.6. The van der Waals surface area contributed by atoms with Crippen LogP contribution < -0.4 is 35.8 Å². The van der Waals surface area contributed by atoms with Crippen LogP contribution in [0.25, 0.3) is 10.4 Å². The molecule has 1 fully saturated rings. The van der Waals surface area contributed by atoms with Gasteiger partial charge in [0, 0.05) is 56.1 Å². The zero-order chi connectivity index (χ0) is 55.2. The molecule has 5 N–H and O–H groups in total. The van der Waals surface area contributed by atoms with Gasteiger partial charge in [0.2, 0.25) is 29.6 Å². The van der Waals surface area contributed by atoms with E-state index in [2.05, 4.69) is 47.2 Å². The lowest BCUT2D eigenvalue weighted by Gasteiger charge is -2.40. The molecule has 2 aliphatic heterocycles. The van der Waals surface area contributed by atoms with Crippen LogP contribution in [0.3, 0.4) is 0 Å². The van der Waals surface area contributed by atoms with Crippen LogP contribution >= 0.6 is 27.3 Å². The van der Waals surface area contributed by atoms with Crippen molar-refractivity contribution in [3.63, 3.8) is 0 Å². The predicted molar refractivity (Wildman–Crippen MR) is 297 cm³/mol. The third-order valence-electron chi connectivity index (χ3n) is 13.2. The lowest BCUT2D eigenvalue weighted by molar-refractivity contribution is -0.144. The minimum absolute atomic E-state index is 0.00322. The van der Waals surface area contributed by atoms with Crippen LogP contribution in [0.1, 0.15) is 74.1 Å². The fraction of sp³-hybridized carbons (Fsp3) is 0.455. The van der Waals surface area contributed by atoms with Crippen LogP contribution in [0.2, 0.25) is 0 Å². The Morgan fingerprint density at radius 1 is 0.909 bits per heavy atom. The van der Waals surface area contributed by atoms with Gasteiger partial charge in [-0.05, 0) is 65.8 Å². The highest BCUT2D eigenvalue weighted by atomic mass is 79.9. The monoisotopic (exact) mass is 1140 g/mol. The quantitative estimate of drug-likeness (QED) is 0.0411. The van der Waals surface area contributed by atoms with Crippen LogP contribution in [-0.2, 0) is 46.5 Å². The van der Waals surface area contributed by atoms with Crippen LogP contribution in [0.4, 0.5) is 23.1 Å². The molecule has 20 nitrogen and oxygen atoms in total. The summed E-state index contributed by atoms with van der Waals surface area (Å²) in [5.74, 6) is -0.230. The Labute approximate surface area is 461 Å². The number of aromatic nitrogens is 3. The number of thiazole rings is 1. The highest BCUT2D eigenvalue weighted by Gasteiger charge is 2.44. The van der Waals surface area contributed by atoms with Gasteiger partial charge < -0.3 is 60.0 Å². The molecular formula is C55H69BrN10O10S. The van der Waals surface area contributed by atoms with E-state index >= 15 is 0 Å². The molecule has 0 bridgehead atoms. The summed E-state index contributed by atoms with van der Waals surface area (Å²) < 4.78 is 23.5. The number of benzene rings is 3. The van der Waals surface area contributed by atoms with Gasteiger partial charge in [-0.3, -0.25) is 24.0 Å². The molecule has 77 heavy (non-hydrogen) atoms. The van der Waals surface area contributed by atoms with E-state index in [0.717, 1.165) is 31.7 Å². The van der Waals surface area contributed by atoms with Crippen LogP contribution in [-0.4, -0.2) is 146 Å². The van der Waals surface area contributed by atoms with Crippen molar-refractivity contribution in [3.05, 3.63) is 105 Å². The molecular weight excluding hydrogens is 1070 g/mol. The second kappa shape index (κ2) is 27.2. The molecule has 3 aromatic carbocycles. The SMILES string of the molecule is CC[C@@H]1C(=O)N(C)c2cnc(Nc3ccc(C(=O)NCCOCCOCCOCCC(=O)N[C@H](C(=O)N4C[C@H](O)C[C@H]4C(=O)NCc4ccc(-c5scnc5C)cc4)C(C)(C)C)cc3OC)nc2N1Cc1ccc(Br)cc1. The lowest BCUT2D eigenvalue weighted by atomic mass is 9.85. The number of carbonyl (C=O) groups is 5. The van der Waals surface area contributed by atoms with Gasteiger partial charge in [0.25, 0.3) is 5.91 Å². The lowest BCUT2D eigenvalue weighted by Crippen LogP contribution is -2.57. The van der Waals surface area contributed by atoms with Crippen molar-refractivity contribution in [2.45, 2.75) is 91.2 Å². The number of anilines is 4. The molecule has 0 radical (unpaired) electrons. The summed E-state index contributed by atoms with van der Waals surface area (Å²) in [4.78, 5) is 86.7. The number of fused-ring (bicyclic) bond motifs is 1. The van der Waals surface area contributed by atoms with Crippen molar-refractivity contribution in [1.29, 1.82) is 0 Å². The zero-order valence-corrected chi connectivity index (χ0v) is 47.0. The van der Waals surface area contributed by atoms with Gasteiger partial charge in [-0.1, -0.05) is 80.0 Å². The van der Waals surface area contributed by atoms with Crippen LogP contribution in [0, 0.1) is 12.3 Å². The second-order valence-electron chi connectivity index (χ2n) is 19.8. The maximum Gasteiger partial charge on any atom is 0.251 e. The number of methoxy groups -OCH3 is 1. The summed E-state index contributed by atoms with van der Waals surface area (Å²) in [5, 5.41) is 22.4. The minimum atomic E-state index is -0.953. The number of carbonyl (C=O) groups excluding carboxylic acids is 5. The highest BCUT2D eigenvalue weighted by Crippen LogP contribution is 2.37. The number of β-amino-alcohol motifs (C(OH)–C–C–N with tert-alkyl or cyclic N) is 1. The summed E-state index contributed by atoms with van der Waals surface area (Å²) in [7, 11) is 3.24. The molecule has 5 aromatic rings. The number of aryl methyl sites for hydroxylation is 1. The summed E-state index contributed by atoms with van der Waals surface area (Å²) >= 11 is 5.06. The van der Waals surface area contributed by atoms with Gasteiger partial charge in [-0.15, -0.1) is 11.3 Å². The number of hydrogen-bond donors (Lipinski definition) is 5. The molecule has 7 rings (SSSR count). The fourth-order valence-electron chi connectivity index (χ4n) is 8.98. The van der Waals surface area contributed by atoms with Crippen molar-refractivity contribution >= 4 is 79.9 Å². The van der Waals surface area contributed by atoms with Crippen molar-refractivity contribution in [2.24, 2.45) is 5.41 Å². The first-order valence-electron chi connectivity index (χ1n) is 25.6. The Hall–Kier alpha value is -6.56. The number of halogens is 1. The number of amides is 5. The van der Waals surface area contributed by atoms with Crippen molar-refractivity contribution < 1.29 is 48.0 Å². The first kappa shape index (κ1) is 58.1. The summed E-state index contributed by atoms with van der Waals surface area (Å²) in [6, 6.07) is 18.6. The Morgan fingerprint density at radius 3 is 2.26 bits per heavy atom. The van der Waals surface area contributed by atoms with Crippen molar-refractivity contribution in [3.8, 4) is 16.2 Å². The summed E-state index contributed by atoms with van der Waals surface area (Å²) in [6.07, 6.45) is 1.43. The Balaban J connectivity index is 0.774. The molecule has 1 saturated heterocycles. The number of likely N-dealkylation sites (tertiary alicyclic amines) is 1. The number of likely N-dealkylation sites (N-methyl/N-ethyl adjacent to an activating group) is 1. The highest BCUT2D eigenvalue weighted by molar-refractivity contribution is 9.10. The van der Waals surface area contributed by atoms with E-state index in [9.17, 15) is 29.1 Å². The standard InChI is InChI=1S/C55H69BrN10O10S/c1-8-42-52(71)64(6)44-30-59-54(63-49(44)65(42)31-36-11-16-39(56)17-12-36)61-41-18-15-38(27-45(41)73-7)50(69)57-20-22-75-24-26-76-25-23-74-21-19-46(68)62-48(55(3,4)5)53(72)66-32-40(67)28-43(66)51(70)58-29-35-9-13-37(14-10-35)47-34(2)60-33-77-47/h9-18,27,30,33,40,42-43,48,67H,8,19-26,28-29,31-32H2,1-7H3,(H,57,69)(H,58,70)(H,62,68)(H,59,61,63)/t40-,42-,43+,48-/m1/s1. The molecule has 22 heteroatoms. The maximum atomic E-state index is 14.0. The van der Waals surface area contributed by atoms with Crippen LogP contribution in [0.5, 0.6) is 5.75 Å². The van der Waals surface area contributed by atoms with E-state index in [-0.39, 0.29) is 95.7 Å². The molecule has 412 valence electrons. The smallest absolute Gasteiger partial charge is 0.251 e. The van der Waals surface area contributed by atoms with Gasteiger partial charge in [0.1, 0.15) is 29.6 Å². The molecule has 5 amide bonds. The Morgan fingerprint density at radius 2 is 1.60 bits per heavy atom. The maximum absolute atomic E-state index is 14.0. The molecule has 4 atom stereocenters. The largest absolute Gasteiger partial charge is 0.495 e. The number of rotatable bonds is 25. The first-order valence-corrected chi connectivity index (χ1v) is 27.3. The van der Waals surface area contributed by atoms with Crippen LogP contribution in [0.15, 0.2) is 82.9 Å². The van der Waals surface area contributed by atoms with Gasteiger partial charge in [0.05, 0.1) is 80.8 Å².